The van der Waals surface area contributed by atoms with Gasteiger partial charge in [-0.25, -0.2) is 4.39 Å². The highest BCUT2D eigenvalue weighted by Gasteiger charge is 2.62. The van der Waals surface area contributed by atoms with Crippen LogP contribution in [0.2, 0.25) is 10.0 Å². The summed E-state index contributed by atoms with van der Waals surface area (Å²) in [4.78, 5) is 37.9. The van der Waals surface area contributed by atoms with Crippen LogP contribution in [0.4, 0.5) is 4.39 Å². The molecule has 3 saturated carbocycles. The molecule has 0 unspecified atom stereocenters. The fourth-order valence-electron chi connectivity index (χ4n) is 5.61. The number of carbonyl (C=O) groups is 3. The average molecular weight is 506 g/mol. The fraction of sp³-hybridized carbons (Fsp3) is 0.400. The maximum atomic E-state index is 13.5. The summed E-state index contributed by atoms with van der Waals surface area (Å²) in [5.41, 5.74) is -0.125. The van der Waals surface area contributed by atoms with Crippen molar-refractivity contribution < 1.29 is 28.2 Å². The van der Waals surface area contributed by atoms with Gasteiger partial charge in [-0.15, -0.1) is 0 Å². The van der Waals surface area contributed by atoms with Crippen molar-refractivity contribution in [1.29, 1.82) is 0 Å². The molecule has 2 aromatic carbocycles. The summed E-state index contributed by atoms with van der Waals surface area (Å²) in [5.74, 6) is -0.545. The van der Waals surface area contributed by atoms with E-state index < -0.39 is 11.9 Å². The van der Waals surface area contributed by atoms with Crippen molar-refractivity contribution >= 4 is 40.7 Å². The number of benzene rings is 2. The van der Waals surface area contributed by atoms with Crippen LogP contribution in [-0.2, 0) is 9.59 Å². The molecule has 1 atom stereocenters. The molecular weight excluding hydrogens is 484 g/mol. The predicted octanol–water partition coefficient (Wildman–Crippen LogP) is 4.93. The molecular formula is C25H22Cl2FNO5. The highest BCUT2D eigenvalue weighted by Crippen LogP contribution is 2.63. The molecule has 0 spiro atoms. The van der Waals surface area contributed by atoms with Crippen LogP contribution >= 0.6 is 23.2 Å². The zero-order valence-electron chi connectivity index (χ0n) is 18.2. The molecule has 6 rings (SSSR count). The van der Waals surface area contributed by atoms with Crippen molar-refractivity contribution in [3.05, 3.63) is 57.8 Å². The van der Waals surface area contributed by atoms with Crippen LogP contribution in [0.5, 0.6) is 11.5 Å². The minimum atomic E-state index is -0.797. The molecule has 3 fully saturated rings. The summed E-state index contributed by atoms with van der Waals surface area (Å²) in [6.45, 7) is -0.240. The van der Waals surface area contributed by atoms with Gasteiger partial charge in [0.05, 0.1) is 17.0 Å². The number of hydrogen-bond donors (Lipinski definition) is 1. The third kappa shape index (κ3) is 4.39. The van der Waals surface area contributed by atoms with E-state index in [1.54, 1.807) is 18.2 Å². The SMILES string of the molecule is O=C(COc1ccc(Cl)c(F)c1)NC12CCC(CC(=O)[C@H]3CC(=O)c4cc(Cl)ccc4O3)(C1)C2. The molecule has 1 heterocycles. The van der Waals surface area contributed by atoms with Crippen molar-refractivity contribution in [2.75, 3.05) is 6.61 Å². The van der Waals surface area contributed by atoms with Gasteiger partial charge < -0.3 is 14.8 Å². The Morgan fingerprint density at radius 2 is 1.94 bits per heavy atom. The van der Waals surface area contributed by atoms with E-state index in [4.69, 9.17) is 32.7 Å². The lowest BCUT2D eigenvalue weighted by molar-refractivity contribution is -0.131. The Hall–Kier alpha value is -2.64. The number of hydrogen-bond acceptors (Lipinski definition) is 5. The Morgan fingerprint density at radius 3 is 2.71 bits per heavy atom. The molecule has 178 valence electrons. The van der Waals surface area contributed by atoms with Crippen molar-refractivity contribution in [3.8, 4) is 11.5 Å². The van der Waals surface area contributed by atoms with Gasteiger partial charge in [0.2, 0.25) is 0 Å². The Morgan fingerprint density at radius 1 is 1.15 bits per heavy atom. The van der Waals surface area contributed by atoms with Crippen LogP contribution in [0, 0.1) is 11.2 Å². The molecule has 0 radical (unpaired) electrons. The first-order chi connectivity index (χ1) is 16.2. The van der Waals surface area contributed by atoms with Gasteiger partial charge in [-0.1, -0.05) is 23.2 Å². The number of halogens is 3. The standard InChI is InChI=1S/C25H22Cl2FNO5/c26-14-1-4-21-16(7-14)19(30)9-22(34-21)20(31)10-24-5-6-25(12-24,13-24)29-23(32)11-33-15-2-3-17(27)18(28)8-15/h1-4,7-8,22H,5-6,9-13H2,(H,29,32)/t22-,24?,25?/m1/s1. The monoisotopic (exact) mass is 505 g/mol. The van der Waals surface area contributed by atoms with E-state index >= 15 is 0 Å². The van der Waals surface area contributed by atoms with Gasteiger partial charge in [0.25, 0.3) is 5.91 Å². The van der Waals surface area contributed by atoms with E-state index in [0.717, 1.165) is 18.9 Å². The smallest absolute Gasteiger partial charge is 0.258 e. The second-order valence-corrected chi connectivity index (χ2v) is 10.4. The largest absolute Gasteiger partial charge is 0.484 e. The first-order valence-corrected chi connectivity index (χ1v) is 11.8. The van der Waals surface area contributed by atoms with Crippen LogP contribution in [0.3, 0.4) is 0 Å². The summed E-state index contributed by atoms with van der Waals surface area (Å²) in [6, 6.07) is 8.81. The van der Waals surface area contributed by atoms with E-state index in [-0.39, 0.29) is 52.2 Å². The van der Waals surface area contributed by atoms with Gasteiger partial charge in [0.1, 0.15) is 17.3 Å². The van der Waals surface area contributed by atoms with Gasteiger partial charge in [0.15, 0.2) is 24.3 Å². The zero-order chi connectivity index (χ0) is 24.1. The molecule has 0 saturated heterocycles. The number of nitrogens with one attached hydrogen (secondary N) is 1. The Kier molecular flexibility index (Phi) is 5.81. The first-order valence-electron chi connectivity index (χ1n) is 11.1. The molecule has 1 amide bonds. The fourth-order valence-corrected chi connectivity index (χ4v) is 5.90. The van der Waals surface area contributed by atoms with Crippen molar-refractivity contribution in [2.24, 2.45) is 5.41 Å². The quantitative estimate of drug-likeness (QED) is 0.576. The van der Waals surface area contributed by atoms with Crippen LogP contribution in [0.25, 0.3) is 0 Å². The summed E-state index contributed by atoms with van der Waals surface area (Å²) in [5, 5.41) is 3.46. The molecule has 2 bridgehead atoms. The zero-order valence-corrected chi connectivity index (χ0v) is 19.7. The molecule has 6 nitrogen and oxygen atoms in total. The number of ether oxygens (including phenoxy) is 2. The molecule has 34 heavy (non-hydrogen) atoms. The molecule has 1 aliphatic heterocycles. The topological polar surface area (TPSA) is 81.7 Å². The van der Waals surface area contributed by atoms with E-state index in [1.165, 1.54) is 12.1 Å². The Bertz CT molecular complexity index is 1190. The Balaban J connectivity index is 1.13. The lowest BCUT2D eigenvalue weighted by Gasteiger charge is -2.48. The third-order valence-electron chi connectivity index (χ3n) is 7.02. The number of rotatable bonds is 7. The van der Waals surface area contributed by atoms with E-state index in [1.807, 2.05) is 0 Å². The Labute approximate surface area is 205 Å². The maximum absolute atomic E-state index is 13.5. The minimum absolute atomic E-state index is 0.00671. The number of carbonyl (C=O) groups excluding carboxylic acids is 3. The second kappa shape index (κ2) is 8.54. The minimum Gasteiger partial charge on any atom is -0.484 e. The number of Topliss-reactive ketones (excluding diaryl/α,β-unsaturated/α-hetero) is 2. The number of ketones is 2. The molecule has 2 aromatic rings. The van der Waals surface area contributed by atoms with Gasteiger partial charge in [0, 0.05) is 23.0 Å². The van der Waals surface area contributed by atoms with Crippen LogP contribution in [-0.4, -0.2) is 35.7 Å². The summed E-state index contributed by atoms with van der Waals surface area (Å²) < 4.78 is 24.7. The molecule has 3 aliphatic carbocycles. The highest BCUT2D eigenvalue weighted by molar-refractivity contribution is 6.31. The number of fused-ring (bicyclic) bond motifs is 2. The van der Waals surface area contributed by atoms with Gasteiger partial charge >= 0.3 is 0 Å². The second-order valence-electron chi connectivity index (χ2n) is 9.56. The molecule has 0 aromatic heterocycles. The first kappa shape index (κ1) is 23.1. The van der Waals surface area contributed by atoms with Crippen LogP contribution < -0.4 is 14.8 Å². The highest BCUT2D eigenvalue weighted by atomic mass is 35.5. The van der Waals surface area contributed by atoms with Crippen LogP contribution in [0.1, 0.15) is 48.9 Å². The van der Waals surface area contributed by atoms with Gasteiger partial charge in [-0.2, -0.15) is 0 Å². The maximum Gasteiger partial charge on any atom is 0.258 e. The van der Waals surface area contributed by atoms with Crippen LogP contribution in [0.15, 0.2) is 36.4 Å². The lowest BCUT2D eigenvalue weighted by Crippen LogP contribution is -2.57. The van der Waals surface area contributed by atoms with Crippen molar-refractivity contribution in [2.45, 2.75) is 50.2 Å². The molecule has 4 aliphatic rings. The molecule has 1 N–H and O–H groups in total. The lowest BCUT2D eigenvalue weighted by atomic mass is 9.62. The summed E-state index contributed by atoms with van der Waals surface area (Å²) in [7, 11) is 0. The average Bonchev–Trinajstić information content (AvgIpc) is 3.29. The molecule has 9 heteroatoms. The third-order valence-corrected chi connectivity index (χ3v) is 7.56. The van der Waals surface area contributed by atoms with E-state index in [9.17, 15) is 18.8 Å². The van der Waals surface area contributed by atoms with E-state index in [2.05, 4.69) is 5.32 Å². The summed E-state index contributed by atoms with van der Waals surface area (Å²) in [6.07, 6.45) is 2.50. The van der Waals surface area contributed by atoms with E-state index in [0.29, 0.717) is 35.6 Å². The van der Waals surface area contributed by atoms with Gasteiger partial charge in [-0.3, -0.25) is 14.4 Å². The van der Waals surface area contributed by atoms with Crippen molar-refractivity contribution in [3.63, 3.8) is 0 Å². The summed E-state index contributed by atoms with van der Waals surface area (Å²) >= 11 is 11.6. The predicted molar refractivity (Wildman–Crippen MR) is 123 cm³/mol. The number of amides is 1. The van der Waals surface area contributed by atoms with Crippen molar-refractivity contribution in [1.82, 2.24) is 5.32 Å². The normalized spacial score (nSPS) is 26.8. The van der Waals surface area contributed by atoms with Gasteiger partial charge in [-0.05, 0) is 61.4 Å².